The van der Waals surface area contributed by atoms with Crippen LogP contribution in [0.15, 0.2) is 42.6 Å². The smallest absolute Gasteiger partial charge is 0.422 e. The molecule has 1 saturated carbocycles. The van der Waals surface area contributed by atoms with Crippen LogP contribution in [0.2, 0.25) is 0 Å². The average Bonchev–Trinajstić information content (AvgIpc) is 3.52. The van der Waals surface area contributed by atoms with Gasteiger partial charge in [0.1, 0.15) is 5.75 Å². The van der Waals surface area contributed by atoms with Gasteiger partial charge in [-0.1, -0.05) is 24.3 Å². The van der Waals surface area contributed by atoms with Gasteiger partial charge in [-0.05, 0) is 48.4 Å². The number of halogens is 3. The molecule has 1 aromatic heterocycles. The minimum atomic E-state index is -4.43. The van der Waals surface area contributed by atoms with Crippen LogP contribution in [0, 0.1) is 0 Å². The zero-order valence-electron chi connectivity index (χ0n) is 15.8. The Morgan fingerprint density at radius 3 is 2.48 bits per heavy atom. The van der Waals surface area contributed by atoms with Gasteiger partial charge in [-0.15, -0.1) is 0 Å². The lowest BCUT2D eigenvalue weighted by Gasteiger charge is -2.18. The first-order valence-corrected chi connectivity index (χ1v) is 9.48. The molecule has 0 saturated heterocycles. The lowest BCUT2D eigenvalue weighted by molar-refractivity contribution is -0.153. The molecule has 1 fully saturated rings. The van der Waals surface area contributed by atoms with Crippen LogP contribution in [-0.2, 0) is 11.2 Å². The van der Waals surface area contributed by atoms with E-state index in [0.29, 0.717) is 11.6 Å². The third-order valence-electron chi connectivity index (χ3n) is 4.66. The quantitative estimate of drug-likeness (QED) is 0.664. The Morgan fingerprint density at radius 2 is 1.93 bits per heavy atom. The Labute approximate surface area is 166 Å². The number of nitrogens with one attached hydrogen (secondary N) is 1. The molecule has 1 aliphatic rings. The molecular formula is C21H23F3N2O3. The van der Waals surface area contributed by atoms with Crippen LogP contribution in [0.5, 0.6) is 5.75 Å². The summed E-state index contributed by atoms with van der Waals surface area (Å²) >= 11 is 0. The third kappa shape index (κ3) is 6.74. The molecule has 0 radical (unpaired) electrons. The molecule has 0 spiro atoms. The number of hydrogen-bond acceptors (Lipinski definition) is 4. The number of nitrogens with zero attached hydrogens (tertiary/aromatic N) is 1. The number of alkyl halides is 3. The summed E-state index contributed by atoms with van der Waals surface area (Å²) in [6.45, 7) is -1.57. The zero-order valence-corrected chi connectivity index (χ0v) is 15.8. The first-order valence-electron chi connectivity index (χ1n) is 9.48. The first-order chi connectivity index (χ1) is 13.8. The number of hydrogen-bond donors (Lipinski definition) is 2. The molecule has 2 N–H and O–H groups in total. The summed E-state index contributed by atoms with van der Waals surface area (Å²) in [6.07, 6.45) is -0.385. The Bertz CT molecular complexity index is 803. The van der Waals surface area contributed by atoms with Crippen LogP contribution in [0.4, 0.5) is 13.2 Å². The second-order valence-electron chi connectivity index (χ2n) is 7.15. The van der Waals surface area contributed by atoms with Crippen LogP contribution in [0.1, 0.15) is 48.0 Å². The summed E-state index contributed by atoms with van der Waals surface area (Å²) in [4.78, 5) is 16.5. The van der Waals surface area contributed by atoms with E-state index in [2.05, 4.69) is 15.0 Å². The summed E-state index contributed by atoms with van der Waals surface area (Å²) < 4.78 is 41.3. The molecule has 1 aromatic carbocycles. The van der Waals surface area contributed by atoms with Crippen LogP contribution in [0.3, 0.4) is 0 Å². The van der Waals surface area contributed by atoms with Gasteiger partial charge in [-0.3, -0.25) is 9.78 Å². The number of aromatic nitrogens is 1. The lowest BCUT2D eigenvalue weighted by Crippen LogP contribution is -2.31. The fraction of sp³-hybridized carbons (Fsp3) is 0.429. The van der Waals surface area contributed by atoms with Crippen molar-refractivity contribution in [2.45, 2.75) is 43.8 Å². The molecule has 1 aliphatic carbocycles. The van der Waals surface area contributed by atoms with E-state index in [9.17, 15) is 23.1 Å². The molecule has 8 heteroatoms. The van der Waals surface area contributed by atoms with Crippen molar-refractivity contribution in [3.63, 3.8) is 0 Å². The van der Waals surface area contributed by atoms with Gasteiger partial charge >= 0.3 is 6.18 Å². The van der Waals surface area contributed by atoms with Crippen LogP contribution >= 0.6 is 0 Å². The highest BCUT2D eigenvalue weighted by molar-refractivity contribution is 5.79. The molecule has 0 bridgehead atoms. The molecule has 156 valence electrons. The second kappa shape index (κ2) is 9.26. The number of rotatable bonds is 9. The topological polar surface area (TPSA) is 71.5 Å². The van der Waals surface area contributed by atoms with Crippen LogP contribution < -0.4 is 10.1 Å². The molecule has 3 rings (SSSR count). The van der Waals surface area contributed by atoms with E-state index < -0.39 is 18.8 Å². The molecule has 2 aromatic rings. The number of aliphatic hydroxyl groups excluding tert-OH is 1. The van der Waals surface area contributed by atoms with Gasteiger partial charge in [0.2, 0.25) is 5.91 Å². The van der Waals surface area contributed by atoms with Crippen molar-refractivity contribution in [1.82, 2.24) is 10.3 Å². The SMILES string of the molecule is O=C(Cc1ccc(C2CC2)cc1)NC(CCO)c1ccc(OCC(F)(F)F)cn1. The molecule has 1 amide bonds. The predicted molar refractivity (Wildman–Crippen MR) is 100 cm³/mol. The normalized spacial score (nSPS) is 15.0. The van der Waals surface area contributed by atoms with E-state index in [1.807, 2.05) is 24.3 Å². The fourth-order valence-corrected chi connectivity index (χ4v) is 3.03. The van der Waals surface area contributed by atoms with E-state index in [1.54, 1.807) is 0 Å². The summed E-state index contributed by atoms with van der Waals surface area (Å²) in [5, 5.41) is 12.1. The van der Waals surface area contributed by atoms with Crippen molar-refractivity contribution >= 4 is 5.91 Å². The molecule has 1 heterocycles. The van der Waals surface area contributed by atoms with E-state index in [0.717, 1.165) is 5.56 Å². The van der Waals surface area contributed by atoms with Crippen molar-refractivity contribution in [2.75, 3.05) is 13.2 Å². The van der Waals surface area contributed by atoms with Gasteiger partial charge in [0.25, 0.3) is 0 Å². The monoisotopic (exact) mass is 408 g/mol. The Balaban J connectivity index is 1.57. The van der Waals surface area contributed by atoms with Crippen molar-refractivity contribution in [3.05, 3.63) is 59.4 Å². The molecule has 5 nitrogen and oxygen atoms in total. The van der Waals surface area contributed by atoms with Gasteiger partial charge in [0.05, 0.1) is 24.4 Å². The molecule has 1 unspecified atom stereocenters. The van der Waals surface area contributed by atoms with Gasteiger partial charge in [-0.25, -0.2) is 0 Å². The summed E-state index contributed by atoms with van der Waals surface area (Å²) in [6, 6.07) is 10.3. The lowest BCUT2D eigenvalue weighted by atomic mass is 10.0. The highest BCUT2D eigenvalue weighted by Gasteiger charge is 2.28. The largest absolute Gasteiger partial charge is 0.483 e. The minimum absolute atomic E-state index is 0.0177. The summed E-state index contributed by atoms with van der Waals surface area (Å²) in [5.74, 6) is 0.415. The Hall–Kier alpha value is -2.61. The number of amides is 1. The Kier molecular flexibility index (Phi) is 6.74. The standard InChI is InChI=1S/C21H23F3N2O3/c22-21(23,24)13-29-17-7-8-18(25-12-17)19(9-10-27)26-20(28)11-14-1-3-15(4-2-14)16-5-6-16/h1-4,7-8,12,16,19,27H,5-6,9-11,13H2,(H,26,28). The maximum absolute atomic E-state index is 12.4. The summed E-state index contributed by atoms with van der Waals surface area (Å²) in [5.41, 5.74) is 2.62. The summed E-state index contributed by atoms with van der Waals surface area (Å²) in [7, 11) is 0. The Morgan fingerprint density at radius 1 is 1.21 bits per heavy atom. The van der Waals surface area contributed by atoms with Crippen molar-refractivity contribution in [3.8, 4) is 5.75 Å². The number of pyridine rings is 1. The molecule has 1 atom stereocenters. The number of carbonyl (C=O) groups is 1. The first kappa shape index (κ1) is 21.1. The van der Waals surface area contributed by atoms with Gasteiger partial charge < -0.3 is 15.2 Å². The highest BCUT2D eigenvalue weighted by atomic mass is 19.4. The number of ether oxygens (including phenoxy) is 1. The van der Waals surface area contributed by atoms with Crippen molar-refractivity contribution in [1.29, 1.82) is 0 Å². The maximum atomic E-state index is 12.4. The number of benzene rings is 1. The average molecular weight is 408 g/mol. The van der Waals surface area contributed by atoms with E-state index >= 15 is 0 Å². The van der Waals surface area contributed by atoms with E-state index in [1.165, 1.54) is 36.7 Å². The predicted octanol–water partition coefficient (Wildman–Crippen LogP) is 3.68. The van der Waals surface area contributed by atoms with Gasteiger partial charge in [0, 0.05) is 6.61 Å². The number of aliphatic hydroxyl groups is 1. The minimum Gasteiger partial charge on any atom is -0.483 e. The molecule has 0 aliphatic heterocycles. The van der Waals surface area contributed by atoms with Crippen LogP contribution in [-0.4, -0.2) is 35.4 Å². The van der Waals surface area contributed by atoms with Crippen molar-refractivity contribution < 1.29 is 27.8 Å². The zero-order chi connectivity index (χ0) is 20.9. The second-order valence-corrected chi connectivity index (χ2v) is 7.15. The van der Waals surface area contributed by atoms with Gasteiger partial charge in [-0.2, -0.15) is 13.2 Å². The van der Waals surface area contributed by atoms with Crippen molar-refractivity contribution in [2.24, 2.45) is 0 Å². The molecular weight excluding hydrogens is 385 g/mol. The third-order valence-corrected chi connectivity index (χ3v) is 4.66. The van der Waals surface area contributed by atoms with Crippen LogP contribution in [0.25, 0.3) is 0 Å². The fourth-order valence-electron chi connectivity index (χ4n) is 3.03. The maximum Gasteiger partial charge on any atom is 0.422 e. The highest BCUT2D eigenvalue weighted by Crippen LogP contribution is 2.39. The molecule has 29 heavy (non-hydrogen) atoms. The number of carbonyl (C=O) groups excluding carboxylic acids is 1. The van der Waals surface area contributed by atoms with E-state index in [-0.39, 0.29) is 31.1 Å². The van der Waals surface area contributed by atoms with Gasteiger partial charge in [0.15, 0.2) is 6.61 Å². The van der Waals surface area contributed by atoms with E-state index in [4.69, 9.17) is 0 Å².